The highest BCUT2D eigenvalue weighted by molar-refractivity contribution is 6.35. The first-order chi connectivity index (χ1) is 11.6. The lowest BCUT2D eigenvalue weighted by molar-refractivity contribution is 0.634. The summed E-state index contributed by atoms with van der Waals surface area (Å²) in [4.78, 5) is 17.2. The van der Waals surface area contributed by atoms with Gasteiger partial charge in [0.25, 0.3) is 5.56 Å². The SMILES string of the molecule is N#Cc1cccc(-n2c(CCN)nc3c(F)ccc(Cl)c3c2=O)c1. The second-order valence-corrected chi connectivity index (χ2v) is 5.53. The van der Waals surface area contributed by atoms with Gasteiger partial charge in [-0.15, -0.1) is 0 Å². The average molecular weight is 343 g/mol. The van der Waals surface area contributed by atoms with Crippen LogP contribution in [0.5, 0.6) is 0 Å². The number of hydrogen-bond acceptors (Lipinski definition) is 4. The summed E-state index contributed by atoms with van der Waals surface area (Å²) in [7, 11) is 0. The van der Waals surface area contributed by atoms with E-state index in [0.717, 1.165) is 0 Å². The van der Waals surface area contributed by atoms with Gasteiger partial charge in [0.2, 0.25) is 0 Å². The van der Waals surface area contributed by atoms with Crippen molar-refractivity contribution in [1.29, 1.82) is 5.26 Å². The maximum atomic E-state index is 14.1. The highest BCUT2D eigenvalue weighted by Crippen LogP contribution is 2.23. The first kappa shape index (κ1) is 16.1. The summed E-state index contributed by atoms with van der Waals surface area (Å²) in [5.41, 5.74) is 5.87. The van der Waals surface area contributed by atoms with Crippen LogP contribution < -0.4 is 11.3 Å². The minimum Gasteiger partial charge on any atom is -0.330 e. The maximum absolute atomic E-state index is 14.1. The largest absolute Gasteiger partial charge is 0.330 e. The molecule has 3 aromatic rings. The van der Waals surface area contributed by atoms with Crippen LogP contribution in [0.3, 0.4) is 0 Å². The lowest BCUT2D eigenvalue weighted by Crippen LogP contribution is -2.26. The summed E-state index contributed by atoms with van der Waals surface area (Å²) in [6.07, 6.45) is 0.272. The van der Waals surface area contributed by atoms with Crippen molar-refractivity contribution in [2.45, 2.75) is 6.42 Å². The molecule has 0 bridgehead atoms. The Morgan fingerprint density at radius 1 is 1.33 bits per heavy atom. The number of nitrogens with two attached hydrogens (primary N) is 1. The zero-order valence-corrected chi connectivity index (χ0v) is 13.2. The molecule has 0 spiro atoms. The minimum absolute atomic E-state index is 0.000186. The monoisotopic (exact) mass is 342 g/mol. The smallest absolute Gasteiger partial charge is 0.267 e. The number of hydrogen-bond donors (Lipinski definition) is 1. The quantitative estimate of drug-likeness (QED) is 0.792. The molecule has 3 rings (SSSR count). The molecule has 7 heteroatoms. The Kier molecular flexibility index (Phi) is 4.30. The second kappa shape index (κ2) is 6.40. The lowest BCUT2D eigenvalue weighted by atomic mass is 10.2. The molecule has 0 unspecified atom stereocenters. The molecule has 2 N–H and O–H groups in total. The van der Waals surface area contributed by atoms with Gasteiger partial charge in [-0.1, -0.05) is 17.7 Å². The van der Waals surface area contributed by atoms with Crippen LogP contribution >= 0.6 is 11.6 Å². The number of aromatic nitrogens is 2. The molecule has 120 valence electrons. The van der Waals surface area contributed by atoms with Crippen molar-refractivity contribution in [3.63, 3.8) is 0 Å². The van der Waals surface area contributed by atoms with Crippen LogP contribution in [0.15, 0.2) is 41.2 Å². The summed E-state index contributed by atoms with van der Waals surface area (Å²) in [6.45, 7) is 0.234. The molecule has 0 aliphatic carbocycles. The van der Waals surface area contributed by atoms with Crippen molar-refractivity contribution in [2.75, 3.05) is 6.54 Å². The van der Waals surface area contributed by atoms with E-state index in [1.165, 1.54) is 16.7 Å². The number of nitrogens with zero attached hydrogens (tertiary/aromatic N) is 3. The van der Waals surface area contributed by atoms with E-state index in [2.05, 4.69) is 4.98 Å². The van der Waals surface area contributed by atoms with Gasteiger partial charge in [0.05, 0.1) is 27.7 Å². The van der Waals surface area contributed by atoms with E-state index >= 15 is 0 Å². The predicted octanol–water partition coefficient (Wildman–Crippen LogP) is 2.55. The summed E-state index contributed by atoms with van der Waals surface area (Å²) < 4.78 is 15.4. The summed E-state index contributed by atoms with van der Waals surface area (Å²) >= 11 is 6.08. The molecule has 0 amide bonds. The van der Waals surface area contributed by atoms with E-state index in [-0.39, 0.29) is 28.9 Å². The number of rotatable bonds is 3. The van der Waals surface area contributed by atoms with Gasteiger partial charge in [-0.3, -0.25) is 9.36 Å². The maximum Gasteiger partial charge on any atom is 0.267 e. The molecular weight excluding hydrogens is 331 g/mol. The van der Waals surface area contributed by atoms with E-state index in [1.807, 2.05) is 6.07 Å². The fraction of sp³-hybridized carbons (Fsp3) is 0.118. The van der Waals surface area contributed by atoms with Gasteiger partial charge >= 0.3 is 0 Å². The molecule has 0 atom stereocenters. The van der Waals surface area contributed by atoms with Gasteiger partial charge in [0, 0.05) is 6.42 Å². The van der Waals surface area contributed by atoms with Gasteiger partial charge < -0.3 is 5.73 Å². The molecule has 2 aromatic carbocycles. The standard InChI is InChI=1S/C17H12ClFN4O/c18-12-4-5-13(19)16-15(12)17(24)23(14(22-16)6-7-20)11-3-1-2-10(8-11)9-21/h1-5,8H,6-7,20H2. The van der Waals surface area contributed by atoms with Crippen molar-refractivity contribution < 1.29 is 4.39 Å². The second-order valence-electron chi connectivity index (χ2n) is 5.12. The van der Waals surface area contributed by atoms with E-state index in [0.29, 0.717) is 17.1 Å². The first-order valence-electron chi connectivity index (χ1n) is 7.17. The Hall–Kier alpha value is -2.75. The zero-order valence-electron chi connectivity index (χ0n) is 12.5. The van der Waals surface area contributed by atoms with Crippen LogP contribution in [0.25, 0.3) is 16.6 Å². The minimum atomic E-state index is -0.623. The Balaban J connectivity index is 2.44. The van der Waals surface area contributed by atoms with Crippen LogP contribution in [0, 0.1) is 17.1 Å². The third-order valence-electron chi connectivity index (χ3n) is 3.60. The molecule has 0 radical (unpaired) electrons. The van der Waals surface area contributed by atoms with Crippen LogP contribution in [0.1, 0.15) is 11.4 Å². The highest BCUT2D eigenvalue weighted by atomic mass is 35.5. The Bertz CT molecular complexity index is 1040. The van der Waals surface area contributed by atoms with Gasteiger partial charge in [-0.25, -0.2) is 9.37 Å². The Morgan fingerprint density at radius 2 is 2.12 bits per heavy atom. The van der Waals surface area contributed by atoms with Gasteiger partial charge in [0.1, 0.15) is 17.2 Å². The lowest BCUT2D eigenvalue weighted by Gasteiger charge is -2.14. The molecule has 5 nitrogen and oxygen atoms in total. The van der Waals surface area contributed by atoms with E-state index in [4.69, 9.17) is 22.6 Å². The molecule has 0 fully saturated rings. The van der Waals surface area contributed by atoms with Gasteiger partial charge in [-0.05, 0) is 36.9 Å². The average Bonchev–Trinajstić information content (AvgIpc) is 2.58. The fourth-order valence-corrected chi connectivity index (χ4v) is 2.77. The summed E-state index contributed by atoms with van der Waals surface area (Å²) in [5, 5.41) is 9.18. The van der Waals surface area contributed by atoms with Crippen LogP contribution in [-0.2, 0) is 6.42 Å². The fourth-order valence-electron chi connectivity index (χ4n) is 2.54. The summed E-state index contributed by atoms with van der Waals surface area (Å²) in [5.74, 6) is -0.311. The predicted molar refractivity (Wildman–Crippen MR) is 89.8 cm³/mol. The van der Waals surface area contributed by atoms with E-state index < -0.39 is 11.4 Å². The first-order valence-corrected chi connectivity index (χ1v) is 7.55. The highest BCUT2D eigenvalue weighted by Gasteiger charge is 2.17. The zero-order chi connectivity index (χ0) is 17.3. The van der Waals surface area contributed by atoms with Crippen molar-refractivity contribution in [1.82, 2.24) is 9.55 Å². The van der Waals surface area contributed by atoms with Gasteiger partial charge in [-0.2, -0.15) is 5.26 Å². The molecule has 0 aliphatic rings. The number of nitriles is 1. The molecule has 0 saturated carbocycles. The van der Waals surface area contributed by atoms with Crippen molar-refractivity contribution in [3.05, 3.63) is 69.0 Å². The molecule has 1 heterocycles. The number of halogens is 2. The topological polar surface area (TPSA) is 84.7 Å². The molecule has 0 saturated heterocycles. The Labute approximate surface area is 141 Å². The molecule has 1 aromatic heterocycles. The molecule has 24 heavy (non-hydrogen) atoms. The van der Waals surface area contributed by atoms with Crippen molar-refractivity contribution >= 4 is 22.5 Å². The third kappa shape index (κ3) is 2.64. The van der Waals surface area contributed by atoms with Gasteiger partial charge in [0.15, 0.2) is 0 Å². The van der Waals surface area contributed by atoms with E-state index in [1.54, 1.807) is 24.3 Å². The summed E-state index contributed by atoms with van der Waals surface area (Å²) in [6, 6.07) is 11.0. The molecule has 0 aliphatic heterocycles. The number of benzene rings is 2. The normalized spacial score (nSPS) is 10.8. The number of fused-ring (bicyclic) bond motifs is 1. The van der Waals surface area contributed by atoms with Crippen LogP contribution in [-0.4, -0.2) is 16.1 Å². The third-order valence-corrected chi connectivity index (χ3v) is 3.91. The van der Waals surface area contributed by atoms with Crippen LogP contribution in [0.4, 0.5) is 4.39 Å². The van der Waals surface area contributed by atoms with Crippen molar-refractivity contribution in [2.24, 2.45) is 5.73 Å². The van der Waals surface area contributed by atoms with Crippen LogP contribution in [0.2, 0.25) is 5.02 Å². The Morgan fingerprint density at radius 3 is 2.83 bits per heavy atom. The van der Waals surface area contributed by atoms with Crippen molar-refractivity contribution in [3.8, 4) is 11.8 Å². The van der Waals surface area contributed by atoms with E-state index in [9.17, 15) is 9.18 Å². The molecular formula is C17H12ClFN4O.